The number of piperidine rings is 1. The molecule has 1 aromatic rings. The van der Waals surface area contributed by atoms with Gasteiger partial charge in [0.25, 0.3) is 0 Å². The van der Waals surface area contributed by atoms with Crippen molar-refractivity contribution in [3.63, 3.8) is 0 Å². The third-order valence-corrected chi connectivity index (χ3v) is 5.27. The fraction of sp³-hybridized carbons (Fsp3) is 0.737. The topological polar surface area (TPSA) is 76.6 Å². The predicted molar refractivity (Wildman–Crippen MR) is 96.5 cm³/mol. The predicted octanol–water partition coefficient (Wildman–Crippen LogP) is 2.04. The summed E-state index contributed by atoms with van der Waals surface area (Å²) in [6, 6.07) is -0.00520. The van der Waals surface area contributed by atoms with Gasteiger partial charge in [0.05, 0.1) is 25.5 Å². The van der Waals surface area contributed by atoms with Crippen LogP contribution in [0.2, 0.25) is 0 Å². The molecular formula is C19H28N4O3. The second kappa shape index (κ2) is 7.78. The quantitative estimate of drug-likeness (QED) is 0.889. The lowest BCUT2D eigenvalue weighted by Crippen LogP contribution is -2.48. The van der Waals surface area contributed by atoms with Gasteiger partial charge in [-0.1, -0.05) is 0 Å². The smallest absolute Gasteiger partial charge is 0.317 e. The van der Waals surface area contributed by atoms with Gasteiger partial charge in [-0.2, -0.15) is 4.98 Å². The van der Waals surface area contributed by atoms with E-state index >= 15 is 0 Å². The van der Waals surface area contributed by atoms with Crippen LogP contribution in [0.4, 0.5) is 4.79 Å². The number of hydrogen-bond donors (Lipinski definition) is 1. The molecule has 1 unspecified atom stereocenters. The SMILES string of the molecule is CCNC(=O)N1CCCC(Oc2nc(C3CC3)nc3c2CCOCC3)C1. The molecule has 142 valence electrons. The van der Waals surface area contributed by atoms with Gasteiger partial charge >= 0.3 is 6.03 Å². The maximum absolute atomic E-state index is 12.1. The lowest BCUT2D eigenvalue weighted by molar-refractivity contribution is 0.0963. The average Bonchev–Trinajstić information content (AvgIpc) is 3.49. The van der Waals surface area contributed by atoms with Crippen LogP contribution in [0, 0.1) is 0 Å². The summed E-state index contributed by atoms with van der Waals surface area (Å²) < 4.78 is 12.0. The van der Waals surface area contributed by atoms with Crippen LogP contribution >= 0.6 is 0 Å². The summed E-state index contributed by atoms with van der Waals surface area (Å²) in [7, 11) is 0. The third kappa shape index (κ3) is 3.92. The van der Waals surface area contributed by atoms with Gasteiger partial charge in [0, 0.05) is 37.4 Å². The van der Waals surface area contributed by atoms with E-state index in [1.165, 1.54) is 12.8 Å². The van der Waals surface area contributed by atoms with Gasteiger partial charge < -0.3 is 19.7 Å². The monoisotopic (exact) mass is 360 g/mol. The van der Waals surface area contributed by atoms with Crippen molar-refractivity contribution in [2.24, 2.45) is 0 Å². The van der Waals surface area contributed by atoms with Crippen LogP contribution in [-0.2, 0) is 17.6 Å². The van der Waals surface area contributed by atoms with Gasteiger partial charge in [-0.05, 0) is 32.6 Å². The Morgan fingerprint density at radius 1 is 1.27 bits per heavy atom. The van der Waals surface area contributed by atoms with Crippen molar-refractivity contribution in [2.75, 3.05) is 32.8 Å². The second-order valence-electron chi connectivity index (χ2n) is 7.36. The first kappa shape index (κ1) is 17.5. The van der Waals surface area contributed by atoms with Crippen molar-refractivity contribution in [3.05, 3.63) is 17.1 Å². The Morgan fingerprint density at radius 2 is 2.12 bits per heavy atom. The lowest BCUT2D eigenvalue weighted by atomic mass is 10.1. The Bertz CT molecular complexity index is 662. The molecule has 2 fully saturated rings. The molecule has 26 heavy (non-hydrogen) atoms. The van der Waals surface area contributed by atoms with Gasteiger partial charge in [-0.25, -0.2) is 9.78 Å². The molecular weight excluding hydrogens is 332 g/mol. The van der Waals surface area contributed by atoms with E-state index in [4.69, 9.17) is 19.4 Å². The van der Waals surface area contributed by atoms with E-state index in [0.717, 1.165) is 55.2 Å². The van der Waals surface area contributed by atoms with Crippen molar-refractivity contribution >= 4 is 6.03 Å². The Labute approximate surface area is 154 Å². The highest BCUT2D eigenvalue weighted by atomic mass is 16.5. The average molecular weight is 360 g/mol. The minimum absolute atomic E-state index is 0.00520. The standard InChI is InChI=1S/C19H28N4O3/c1-2-20-19(24)23-9-3-4-14(12-23)26-18-15-7-10-25-11-8-16(15)21-17(22-18)13-5-6-13/h13-14H,2-12H2,1H3,(H,20,24). The summed E-state index contributed by atoms with van der Waals surface area (Å²) in [5.41, 5.74) is 2.19. The molecule has 1 N–H and O–H groups in total. The van der Waals surface area contributed by atoms with Crippen LogP contribution < -0.4 is 10.1 Å². The van der Waals surface area contributed by atoms with Crippen molar-refractivity contribution in [1.29, 1.82) is 0 Å². The number of ether oxygens (including phenoxy) is 2. The first-order chi connectivity index (χ1) is 12.7. The van der Waals surface area contributed by atoms with Crippen LogP contribution in [-0.4, -0.2) is 59.9 Å². The summed E-state index contributed by atoms with van der Waals surface area (Å²) in [6.45, 7) is 5.38. The number of urea groups is 1. The van der Waals surface area contributed by atoms with Gasteiger partial charge in [-0.3, -0.25) is 0 Å². The highest BCUT2D eigenvalue weighted by Gasteiger charge is 2.31. The number of hydrogen-bond acceptors (Lipinski definition) is 5. The summed E-state index contributed by atoms with van der Waals surface area (Å²) >= 11 is 0. The van der Waals surface area contributed by atoms with E-state index in [0.29, 0.717) is 32.2 Å². The van der Waals surface area contributed by atoms with E-state index in [1.807, 2.05) is 11.8 Å². The Morgan fingerprint density at radius 3 is 2.92 bits per heavy atom. The molecule has 4 rings (SSSR count). The maximum Gasteiger partial charge on any atom is 0.317 e. The van der Waals surface area contributed by atoms with Crippen molar-refractivity contribution in [2.45, 2.75) is 57.5 Å². The second-order valence-corrected chi connectivity index (χ2v) is 7.36. The molecule has 3 heterocycles. The molecule has 1 saturated carbocycles. The number of aromatic nitrogens is 2. The van der Waals surface area contributed by atoms with Crippen LogP contribution in [0.15, 0.2) is 0 Å². The molecule has 2 aliphatic heterocycles. The van der Waals surface area contributed by atoms with Gasteiger partial charge in [0.1, 0.15) is 11.9 Å². The maximum atomic E-state index is 12.1. The fourth-order valence-corrected chi connectivity index (χ4v) is 3.69. The van der Waals surface area contributed by atoms with Crippen LogP contribution in [0.1, 0.15) is 55.6 Å². The molecule has 1 saturated heterocycles. The first-order valence-electron chi connectivity index (χ1n) is 9.91. The van der Waals surface area contributed by atoms with E-state index in [9.17, 15) is 4.79 Å². The zero-order chi connectivity index (χ0) is 17.9. The van der Waals surface area contributed by atoms with Crippen LogP contribution in [0.25, 0.3) is 0 Å². The highest BCUT2D eigenvalue weighted by Crippen LogP contribution is 2.40. The number of nitrogens with one attached hydrogen (secondary N) is 1. The summed E-state index contributed by atoms with van der Waals surface area (Å²) in [5, 5.41) is 2.88. The highest BCUT2D eigenvalue weighted by molar-refractivity contribution is 5.74. The van der Waals surface area contributed by atoms with Crippen LogP contribution in [0.3, 0.4) is 0 Å². The molecule has 7 nitrogen and oxygen atoms in total. The minimum atomic E-state index is -0.0124. The lowest BCUT2D eigenvalue weighted by Gasteiger charge is -2.33. The number of carbonyl (C=O) groups is 1. The molecule has 1 atom stereocenters. The fourth-order valence-electron chi connectivity index (χ4n) is 3.69. The number of carbonyl (C=O) groups excluding carboxylic acids is 1. The number of rotatable bonds is 4. The normalized spacial score (nSPS) is 23.1. The molecule has 0 bridgehead atoms. The van der Waals surface area contributed by atoms with E-state index in [1.54, 1.807) is 0 Å². The summed E-state index contributed by atoms with van der Waals surface area (Å²) in [5.74, 6) is 2.15. The van der Waals surface area contributed by atoms with E-state index in [-0.39, 0.29) is 12.1 Å². The largest absolute Gasteiger partial charge is 0.472 e. The zero-order valence-electron chi connectivity index (χ0n) is 15.5. The summed E-state index contributed by atoms with van der Waals surface area (Å²) in [4.78, 5) is 23.6. The Balaban J connectivity index is 1.53. The van der Waals surface area contributed by atoms with Crippen molar-refractivity contribution < 1.29 is 14.3 Å². The van der Waals surface area contributed by atoms with E-state index in [2.05, 4.69) is 5.32 Å². The van der Waals surface area contributed by atoms with E-state index < -0.39 is 0 Å². The molecule has 0 spiro atoms. The Hall–Kier alpha value is -1.89. The number of fused-ring (bicyclic) bond motifs is 1. The van der Waals surface area contributed by atoms with Crippen molar-refractivity contribution in [3.8, 4) is 5.88 Å². The van der Waals surface area contributed by atoms with Gasteiger partial charge in [0.2, 0.25) is 5.88 Å². The molecule has 0 aromatic carbocycles. The van der Waals surface area contributed by atoms with Crippen LogP contribution in [0.5, 0.6) is 5.88 Å². The molecule has 1 aliphatic carbocycles. The number of amides is 2. The molecule has 0 radical (unpaired) electrons. The zero-order valence-corrected chi connectivity index (χ0v) is 15.5. The molecule has 7 heteroatoms. The third-order valence-electron chi connectivity index (χ3n) is 5.27. The number of likely N-dealkylation sites (tertiary alicyclic amines) is 1. The molecule has 2 amide bonds. The first-order valence-corrected chi connectivity index (χ1v) is 9.91. The Kier molecular flexibility index (Phi) is 5.24. The van der Waals surface area contributed by atoms with Gasteiger partial charge in [-0.15, -0.1) is 0 Å². The molecule has 1 aromatic heterocycles. The summed E-state index contributed by atoms with van der Waals surface area (Å²) in [6.07, 6.45) is 5.84. The minimum Gasteiger partial charge on any atom is -0.472 e. The molecule has 3 aliphatic rings. The van der Waals surface area contributed by atoms with Gasteiger partial charge in [0.15, 0.2) is 0 Å². The van der Waals surface area contributed by atoms with Crippen molar-refractivity contribution in [1.82, 2.24) is 20.2 Å². The number of nitrogens with zero attached hydrogens (tertiary/aromatic N) is 3.